The Kier molecular flexibility index (Phi) is 4.61. The highest BCUT2D eigenvalue weighted by atomic mass is 28.4. The number of rotatable bonds is 4. The van der Waals surface area contributed by atoms with Crippen molar-refractivity contribution in [3.8, 4) is 0 Å². The monoisotopic (exact) mass is 244 g/mol. The van der Waals surface area contributed by atoms with Gasteiger partial charge in [0.25, 0.3) is 0 Å². The Bertz CT molecular complexity index is 220. The van der Waals surface area contributed by atoms with E-state index in [2.05, 4.69) is 13.8 Å². The quantitative estimate of drug-likeness (QED) is 0.746. The van der Waals surface area contributed by atoms with Crippen molar-refractivity contribution in [3.05, 3.63) is 0 Å². The van der Waals surface area contributed by atoms with Crippen molar-refractivity contribution >= 4 is 8.32 Å². The number of aliphatic hydroxyl groups is 1. The van der Waals surface area contributed by atoms with E-state index in [4.69, 9.17) is 0 Å². The minimum atomic E-state index is -2.09. The van der Waals surface area contributed by atoms with Crippen molar-refractivity contribution in [1.29, 1.82) is 0 Å². The highest BCUT2D eigenvalue weighted by Gasteiger charge is 2.41. The van der Waals surface area contributed by atoms with Crippen LogP contribution >= 0.6 is 0 Å². The van der Waals surface area contributed by atoms with Gasteiger partial charge in [-0.3, -0.25) is 0 Å². The maximum atomic E-state index is 10.3. The van der Waals surface area contributed by atoms with E-state index in [0.29, 0.717) is 18.4 Å². The summed E-state index contributed by atoms with van der Waals surface area (Å²) in [7, 11) is -2.09. The highest BCUT2D eigenvalue weighted by Crippen LogP contribution is 2.46. The summed E-state index contributed by atoms with van der Waals surface area (Å²) in [6.45, 7) is 8.78. The van der Waals surface area contributed by atoms with Gasteiger partial charge in [0.05, 0.1) is 0 Å². The van der Waals surface area contributed by atoms with Gasteiger partial charge in [-0.05, 0) is 42.8 Å². The summed E-state index contributed by atoms with van der Waals surface area (Å²) < 4.78 is 0. The van der Waals surface area contributed by atoms with Gasteiger partial charge in [0.2, 0.25) is 0 Å². The summed E-state index contributed by atoms with van der Waals surface area (Å²) in [5.74, 6) is 1.09. The molecule has 1 rings (SSSR count). The fourth-order valence-electron chi connectivity index (χ4n) is 2.70. The molecule has 0 spiro atoms. The van der Waals surface area contributed by atoms with Crippen molar-refractivity contribution < 1.29 is 9.90 Å². The molecule has 0 aromatic rings. The fourth-order valence-corrected chi connectivity index (χ4v) is 3.46. The zero-order valence-corrected chi connectivity index (χ0v) is 12.3. The molecule has 0 bridgehead atoms. The molecule has 1 aliphatic rings. The van der Waals surface area contributed by atoms with Gasteiger partial charge in [-0.25, -0.2) is 0 Å². The average Bonchev–Trinajstić information content (AvgIpc) is 2.16. The van der Waals surface area contributed by atoms with Gasteiger partial charge in [0, 0.05) is 6.61 Å². The van der Waals surface area contributed by atoms with Crippen LogP contribution in [-0.4, -0.2) is 24.8 Å². The minimum Gasteiger partial charge on any atom is -0.432 e. The van der Waals surface area contributed by atoms with Crippen LogP contribution in [0.3, 0.4) is 0 Å². The van der Waals surface area contributed by atoms with Gasteiger partial charge in [-0.2, -0.15) is 0 Å². The second kappa shape index (κ2) is 5.19. The minimum absolute atomic E-state index is 0.0580. The summed E-state index contributed by atoms with van der Waals surface area (Å²) in [4.78, 5) is 10.3. The second-order valence-corrected chi connectivity index (χ2v) is 11.1. The van der Waals surface area contributed by atoms with Crippen molar-refractivity contribution in [2.75, 3.05) is 6.61 Å². The normalized spacial score (nSPS) is 28.1. The molecule has 1 aliphatic carbocycles. The van der Waals surface area contributed by atoms with Crippen LogP contribution < -0.4 is 0 Å². The van der Waals surface area contributed by atoms with E-state index in [1.54, 1.807) is 0 Å². The lowest BCUT2D eigenvalue weighted by atomic mass is 9.75. The van der Waals surface area contributed by atoms with E-state index >= 15 is 0 Å². The van der Waals surface area contributed by atoms with E-state index < -0.39 is 8.32 Å². The third-order valence-corrected chi connectivity index (χ3v) is 8.25. The summed E-state index contributed by atoms with van der Waals surface area (Å²) in [6.07, 6.45) is 6.05. The van der Waals surface area contributed by atoms with Crippen molar-refractivity contribution in [2.45, 2.75) is 64.1 Å². The summed E-state index contributed by atoms with van der Waals surface area (Å²) in [5.41, 5.74) is 0. The van der Waals surface area contributed by atoms with Crippen molar-refractivity contribution in [1.82, 2.24) is 0 Å². The van der Waals surface area contributed by atoms with Crippen molar-refractivity contribution in [2.24, 2.45) is 11.8 Å². The molecular formula is C13H28O2Si. The molecule has 2 nitrogen and oxygen atoms in total. The summed E-state index contributed by atoms with van der Waals surface area (Å²) in [5, 5.41) is 9.47. The number of hydrogen-bond acceptors (Lipinski definition) is 2. The first-order valence-corrected chi connectivity index (χ1v) is 9.56. The van der Waals surface area contributed by atoms with E-state index in [-0.39, 0.29) is 5.04 Å². The number of aliphatic hydroxyl groups excluding tert-OH is 1. The molecule has 0 heterocycles. The second-order valence-electron chi connectivity index (χ2n) is 6.63. The molecule has 0 saturated heterocycles. The molecule has 0 amide bonds. The van der Waals surface area contributed by atoms with Crippen LogP contribution in [0.25, 0.3) is 0 Å². The van der Waals surface area contributed by atoms with Gasteiger partial charge in [0.1, 0.15) is 0 Å². The van der Waals surface area contributed by atoms with E-state index in [1.165, 1.54) is 25.7 Å². The Labute approximate surface area is 101 Å². The predicted molar refractivity (Wildman–Crippen MR) is 70.9 cm³/mol. The van der Waals surface area contributed by atoms with E-state index in [1.807, 2.05) is 13.1 Å². The molecule has 0 aromatic carbocycles. The van der Waals surface area contributed by atoms with Crippen LogP contribution in [0.5, 0.6) is 0 Å². The molecule has 16 heavy (non-hydrogen) atoms. The lowest BCUT2D eigenvalue weighted by Gasteiger charge is -2.41. The standard InChI is InChI=1S/C13H28O2Si/c1-13(2,16(3,4)15)9-11-7-5-6-8-12(11)10-14/h11-12,14-15H,5-10H2,1-4H3/t11-,12+/m1/s1. The lowest BCUT2D eigenvalue weighted by Crippen LogP contribution is -2.41. The topological polar surface area (TPSA) is 40.5 Å². The van der Waals surface area contributed by atoms with Crippen LogP contribution in [0.15, 0.2) is 0 Å². The van der Waals surface area contributed by atoms with Crippen LogP contribution in [0, 0.1) is 11.8 Å². The Balaban J connectivity index is 2.64. The largest absolute Gasteiger partial charge is 0.432 e. The average molecular weight is 244 g/mol. The van der Waals surface area contributed by atoms with Crippen LogP contribution in [0.1, 0.15) is 46.0 Å². The Morgan fingerprint density at radius 1 is 1.12 bits per heavy atom. The molecular weight excluding hydrogens is 216 g/mol. The van der Waals surface area contributed by atoms with E-state index in [0.717, 1.165) is 6.42 Å². The van der Waals surface area contributed by atoms with Gasteiger partial charge in [-0.15, -0.1) is 0 Å². The molecule has 2 atom stereocenters. The maximum absolute atomic E-state index is 10.3. The van der Waals surface area contributed by atoms with Crippen molar-refractivity contribution in [3.63, 3.8) is 0 Å². The Hall–Kier alpha value is 0.137. The van der Waals surface area contributed by atoms with Gasteiger partial charge < -0.3 is 9.90 Å². The SMILES string of the molecule is CC(C)(C[C@H]1CCCC[C@H]1CO)[Si](C)(C)O. The smallest absolute Gasteiger partial charge is 0.188 e. The molecule has 0 radical (unpaired) electrons. The first-order valence-electron chi connectivity index (χ1n) is 6.61. The molecule has 1 fully saturated rings. The molecule has 2 N–H and O–H groups in total. The molecule has 96 valence electrons. The highest BCUT2D eigenvalue weighted by molar-refractivity contribution is 6.72. The zero-order chi connectivity index (χ0) is 12.4. The Morgan fingerprint density at radius 2 is 1.62 bits per heavy atom. The fraction of sp³-hybridized carbons (Fsp3) is 1.00. The molecule has 3 heteroatoms. The zero-order valence-electron chi connectivity index (χ0n) is 11.3. The Morgan fingerprint density at radius 3 is 2.06 bits per heavy atom. The van der Waals surface area contributed by atoms with Gasteiger partial charge in [-0.1, -0.05) is 33.1 Å². The summed E-state index contributed by atoms with van der Waals surface area (Å²) >= 11 is 0. The predicted octanol–water partition coefficient (Wildman–Crippen LogP) is 3.15. The molecule has 1 saturated carbocycles. The van der Waals surface area contributed by atoms with Crippen LogP contribution in [0.4, 0.5) is 0 Å². The lowest BCUT2D eigenvalue weighted by molar-refractivity contribution is 0.120. The number of hydrogen-bond donors (Lipinski definition) is 2. The van der Waals surface area contributed by atoms with Gasteiger partial charge >= 0.3 is 0 Å². The van der Waals surface area contributed by atoms with Crippen LogP contribution in [-0.2, 0) is 0 Å². The first kappa shape index (κ1) is 14.2. The van der Waals surface area contributed by atoms with Gasteiger partial charge in [0.15, 0.2) is 8.32 Å². The third kappa shape index (κ3) is 3.31. The summed E-state index contributed by atoms with van der Waals surface area (Å²) in [6, 6.07) is 0. The molecule has 0 aromatic heterocycles. The molecule has 0 unspecified atom stereocenters. The first-order chi connectivity index (χ1) is 7.28. The third-order valence-electron chi connectivity index (χ3n) is 4.73. The maximum Gasteiger partial charge on any atom is 0.188 e. The molecule has 0 aliphatic heterocycles. The van der Waals surface area contributed by atoms with Crippen LogP contribution in [0.2, 0.25) is 18.1 Å². The van der Waals surface area contributed by atoms with E-state index in [9.17, 15) is 9.90 Å².